The lowest BCUT2D eigenvalue weighted by Gasteiger charge is -2.24. The molecule has 0 atom stereocenters. The molecule has 2 N–H and O–H groups in total. The number of urea groups is 1. The van der Waals surface area contributed by atoms with Crippen molar-refractivity contribution in [2.45, 2.75) is 6.18 Å². The van der Waals surface area contributed by atoms with Gasteiger partial charge in [-0.15, -0.1) is 0 Å². The smallest absolute Gasteiger partial charge is 0.350 e. The lowest BCUT2D eigenvalue weighted by Crippen LogP contribution is -2.41. The van der Waals surface area contributed by atoms with Crippen LogP contribution in [0.25, 0.3) is 0 Å². The topological polar surface area (TPSA) is 61.4 Å². The van der Waals surface area contributed by atoms with Crippen LogP contribution in [0.5, 0.6) is 0 Å². The molecule has 0 bridgehead atoms. The Morgan fingerprint density at radius 2 is 1.56 bits per heavy atom. The maximum Gasteiger partial charge on any atom is 0.416 e. The highest BCUT2D eigenvalue weighted by atomic mass is 19.4. The number of alkyl halides is 3. The molecule has 166 valence electrons. The van der Waals surface area contributed by atoms with Crippen LogP contribution in [0.3, 0.4) is 0 Å². The van der Waals surface area contributed by atoms with E-state index in [-0.39, 0.29) is 24.3 Å². The standard InChI is InChI=1S/C23H19F4N3O2/c24-20-12-5-4-11-19(20)21(31)28-13-14-30(22(32)29-17-8-2-1-3-9-17)18-10-6-7-16(15-18)23(25,26)27/h1-12,15H,13-14H2,(H,28,31)(H,29,32). The third-order valence-electron chi connectivity index (χ3n) is 4.49. The minimum Gasteiger partial charge on any atom is -0.350 e. The van der Waals surface area contributed by atoms with Gasteiger partial charge >= 0.3 is 12.2 Å². The first kappa shape index (κ1) is 22.8. The van der Waals surface area contributed by atoms with Crippen molar-refractivity contribution >= 4 is 23.3 Å². The number of amides is 3. The zero-order chi connectivity index (χ0) is 23.1. The first-order chi connectivity index (χ1) is 15.3. The van der Waals surface area contributed by atoms with Gasteiger partial charge in [0.25, 0.3) is 5.91 Å². The summed E-state index contributed by atoms with van der Waals surface area (Å²) in [5.74, 6) is -1.41. The maximum atomic E-state index is 13.8. The summed E-state index contributed by atoms with van der Waals surface area (Å²) in [6, 6.07) is 17.4. The van der Waals surface area contributed by atoms with Gasteiger partial charge in [-0.2, -0.15) is 13.2 Å². The van der Waals surface area contributed by atoms with Crippen molar-refractivity contribution in [3.8, 4) is 0 Å². The molecule has 3 rings (SSSR count). The zero-order valence-corrected chi connectivity index (χ0v) is 16.7. The Labute approximate surface area is 181 Å². The number of nitrogens with zero attached hydrogens (tertiary/aromatic N) is 1. The Hall–Kier alpha value is -3.88. The van der Waals surface area contributed by atoms with Crippen molar-refractivity contribution in [1.82, 2.24) is 5.32 Å². The Balaban J connectivity index is 1.78. The second-order valence-corrected chi connectivity index (χ2v) is 6.73. The molecule has 0 aliphatic carbocycles. The average molecular weight is 445 g/mol. The van der Waals surface area contributed by atoms with Crippen molar-refractivity contribution in [2.24, 2.45) is 0 Å². The molecule has 0 unspecified atom stereocenters. The number of nitrogens with one attached hydrogen (secondary N) is 2. The molecule has 3 amide bonds. The molecule has 0 saturated carbocycles. The molecule has 3 aromatic carbocycles. The molecule has 0 aromatic heterocycles. The van der Waals surface area contributed by atoms with Gasteiger partial charge in [-0.1, -0.05) is 36.4 Å². The molecule has 0 spiro atoms. The quantitative estimate of drug-likeness (QED) is 0.505. The molecule has 5 nitrogen and oxygen atoms in total. The molecule has 0 fully saturated rings. The first-order valence-corrected chi connectivity index (χ1v) is 9.59. The van der Waals surface area contributed by atoms with Crippen LogP contribution in [0.15, 0.2) is 78.9 Å². The number of halogens is 4. The third-order valence-corrected chi connectivity index (χ3v) is 4.49. The van der Waals surface area contributed by atoms with Crippen LogP contribution in [-0.2, 0) is 6.18 Å². The number of benzene rings is 3. The van der Waals surface area contributed by atoms with Crippen LogP contribution in [0.1, 0.15) is 15.9 Å². The zero-order valence-electron chi connectivity index (χ0n) is 16.7. The van der Waals surface area contributed by atoms with Crippen LogP contribution in [0, 0.1) is 5.82 Å². The largest absolute Gasteiger partial charge is 0.416 e. The van der Waals surface area contributed by atoms with Gasteiger partial charge in [-0.3, -0.25) is 9.69 Å². The number of anilines is 2. The number of hydrogen-bond acceptors (Lipinski definition) is 2. The summed E-state index contributed by atoms with van der Waals surface area (Å²) in [6.07, 6.45) is -4.59. The Morgan fingerprint density at radius 3 is 2.25 bits per heavy atom. The predicted octanol–water partition coefficient (Wildman–Crippen LogP) is 5.31. The normalized spacial score (nSPS) is 11.0. The van der Waals surface area contributed by atoms with Crippen molar-refractivity contribution in [1.29, 1.82) is 0 Å². The number of hydrogen-bond donors (Lipinski definition) is 2. The van der Waals surface area contributed by atoms with Gasteiger partial charge in [0, 0.05) is 24.5 Å². The maximum absolute atomic E-state index is 13.8. The van der Waals surface area contributed by atoms with E-state index < -0.39 is 29.5 Å². The lowest BCUT2D eigenvalue weighted by atomic mass is 10.2. The van der Waals surface area contributed by atoms with E-state index in [0.29, 0.717) is 5.69 Å². The first-order valence-electron chi connectivity index (χ1n) is 9.59. The monoisotopic (exact) mass is 445 g/mol. The van der Waals surface area contributed by atoms with Crippen molar-refractivity contribution in [3.63, 3.8) is 0 Å². The third kappa shape index (κ3) is 5.84. The van der Waals surface area contributed by atoms with E-state index in [4.69, 9.17) is 0 Å². The summed E-state index contributed by atoms with van der Waals surface area (Å²) in [5.41, 5.74) is -0.645. The summed E-state index contributed by atoms with van der Waals surface area (Å²) >= 11 is 0. The minimum absolute atomic E-state index is 0.00611. The number of para-hydroxylation sites is 1. The molecule has 9 heteroatoms. The molecule has 0 saturated heterocycles. The average Bonchev–Trinajstić information content (AvgIpc) is 2.77. The Bertz CT molecular complexity index is 1090. The van der Waals surface area contributed by atoms with E-state index in [1.54, 1.807) is 30.3 Å². The van der Waals surface area contributed by atoms with Gasteiger partial charge in [0.15, 0.2) is 0 Å². The molecule has 0 heterocycles. The van der Waals surface area contributed by atoms with E-state index in [0.717, 1.165) is 23.1 Å². The minimum atomic E-state index is -4.59. The van der Waals surface area contributed by atoms with Gasteiger partial charge in [-0.25, -0.2) is 9.18 Å². The molecule has 0 radical (unpaired) electrons. The second kappa shape index (κ2) is 9.95. The molecule has 0 aliphatic rings. The van der Waals surface area contributed by atoms with Crippen LogP contribution in [-0.4, -0.2) is 25.0 Å². The summed E-state index contributed by atoms with van der Waals surface area (Å²) < 4.78 is 53.2. The van der Waals surface area contributed by atoms with Crippen molar-refractivity contribution in [3.05, 3.63) is 95.8 Å². The van der Waals surface area contributed by atoms with E-state index in [1.807, 2.05) is 0 Å². The van der Waals surface area contributed by atoms with Gasteiger partial charge in [0.1, 0.15) is 5.82 Å². The number of rotatable bonds is 6. The fraction of sp³-hybridized carbons (Fsp3) is 0.130. The van der Waals surface area contributed by atoms with Gasteiger partial charge < -0.3 is 10.6 Å². The highest BCUT2D eigenvalue weighted by molar-refractivity contribution is 6.02. The van der Waals surface area contributed by atoms with Gasteiger partial charge in [0.05, 0.1) is 11.1 Å². The van der Waals surface area contributed by atoms with Crippen LogP contribution >= 0.6 is 0 Å². The number of carbonyl (C=O) groups is 2. The summed E-state index contributed by atoms with van der Waals surface area (Å²) in [4.78, 5) is 26.1. The highest BCUT2D eigenvalue weighted by Crippen LogP contribution is 2.31. The van der Waals surface area contributed by atoms with E-state index >= 15 is 0 Å². The van der Waals surface area contributed by atoms with E-state index in [9.17, 15) is 27.2 Å². The molecular formula is C23H19F4N3O2. The predicted molar refractivity (Wildman–Crippen MR) is 113 cm³/mol. The SMILES string of the molecule is O=C(NCCN(C(=O)Nc1ccccc1)c1cccc(C(F)(F)F)c1)c1ccccc1F. The molecular weight excluding hydrogens is 426 g/mol. The lowest BCUT2D eigenvalue weighted by molar-refractivity contribution is -0.137. The van der Waals surface area contributed by atoms with Crippen LogP contribution in [0.2, 0.25) is 0 Å². The van der Waals surface area contributed by atoms with Gasteiger partial charge in [-0.05, 0) is 42.5 Å². The molecule has 0 aliphatic heterocycles. The van der Waals surface area contributed by atoms with Crippen LogP contribution in [0.4, 0.5) is 33.7 Å². The fourth-order valence-electron chi connectivity index (χ4n) is 2.93. The Kier molecular flexibility index (Phi) is 7.09. The van der Waals surface area contributed by atoms with Crippen molar-refractivity contribution in [2.75, 3.05) is 23.3 Å². The Morgan fingerprint density at radius 1 is 0.875 bits per heavy atom. The highest BCUT2D eigenvalue weighted by Gasteiger charge is 2.31. The summed E-state index contributed by atoms with van der Waals surface area (Å²) in [6.45, 7) is -0.272. The summed E-state index contributed by atoms with van der Waals surface area (Å²) in [7, 11) is 0. The molecule has 32 heavy (non-hydrogen) atoms. The van der Waals surface area contributed by atoms with E-state index in [2.05, 4.69) is 10.6 Å². The second-order valence-electron chi connectivity index (χ2n) is 6.73. The fourth-order valence-corrected chi connectivity index (χ4v) is 2.93. The van der Waals surface area contributed by atoms with Crippen molar-refractivity contribution < 1.29 is 27.2 Å². The number of carbonyl (C=O) groups excluding carboxylic acids is 2. The van der Waals surface area contributed by atoms with E-state index in [1.165, 1.54) is 30.3 Å². The summed E-state index contributed by atoms with van der Waals surface area (Å²) in [5, 5.41) is 5.09. The molecule has 3 aromatic rings. The van der Waals surface area contributed by atoms with Gasteiger partial charge in [0.2, 0.25) is 0 Å². The van der Waals surface area contributed by atoms with Crippen LogP contribution < -0.4 is 15.5 Å².